The lowest BCUT2D eigenvalue weighted by Crippen LogP contribution is -2.39. The molecule has 1 aromatic rings. The minimum Gasteiger partial charge on any atom is -0.444 e. The van der Waals surface area contributed by atoms with Crippen LogP contribution in [0.2, 0.25) is 0 Å². The van der Waals surface area contributed by atoms with Gasteiger partial charge in [-0.2, -0.15) is 27.0 Å². The number of nitrogens with zero attached hydrogens (tertiary/aromatic N) is 1. The molecule has 1 rings (SSSR count). The smallest absolute Gasteiger partial charge is 0.412 e. The molecule has 1 amide bonds. The summed E-state index contributed by atoms with van der Waals surface area (Å²) in [5.74, 6) is 0. The number of amides is 1. The number of likely N-dealkylation sites (N-methyl/N-ethyl adjacent to an activating group) is 1. The van der Waals surface area contributed by atoms with Crippen LogP contribution in [-0.4, -0.2) is 52.6 Å². The molecule has 0 aliphatic rings. The van der Waals surface area contributed by atoms with E-state index in [0.717, 1.165) is 5.56 Å². The molecule has 1 unspecified atom stereocenters. The molecule has 3 N–H and O–H groups in total. The minimum atomic E-state index is -0.887. The van der Waals surface area contributed by atoms with Crippen LogP contribution < -0.4 is 5.32 Å². The van der Waals surface area contributed by atoms with Crippen LogP contribution in [0.25, 0.3) is 0 Å². The van der Waals surface area contributed by atoms with E-state index in [9.17, 15) is 15.0 Å². The van der Waals surface area contributed by atoms with E-state index in [2.05, 4.69) is 5.32 Å². The van der Waals surface area contributed by atoms with E-state index >= 15 is 0 Å². The Morgan fingerprint density at radius 1 is 1.19 bits per heavy atom. The Morgan fingerprint density at radius 3 is 2.08 bits per heavy atom. The fourth-order valence-electron chi connectivity index (χ4n) is 2.33. The second-order valence-electron chi connectivity index (χ2n) is 7.20. The van der Waals surface area contributed by atoms with Gasteiger partial charge < -0.3 is 14.9 Å². The number of carbonyl (C=O) groups is 1. The zero-order chi connectivity index (χ0) is 18.5. The van der Waals surface area contributed by atoms with E-state index in [4.69, 9.17) is 4.74 Å². The highest BCUT2D eigenvalue weighted by Crippen LogP contribution is 2.26. The van der Waals surface area contributed by atoms with Crippen molar-refractivity contribution >= 4 is 38.8 Å². The number of aliphatic hydroxyl groups excluding tert-OH is 2. The zero-order valence-corrected chi connectivity index (χ0v) is 18.4. The van der Waals surface area contributed by atoms with Crippen molar-refractivity contribution in [2.75, 3.05) is 19.0 Å². The summed E-state index contributed by atoms with van der Waals surface area (Å²) in [6.07, 6.45) is -1.40. The molecule has 0 spiro atoms. The Hall–Kier alpha value is -0.930. The standard InChI is InChI=1S/C18H30N2O4.2H2S/c1-12(2)20(6)16(15(22)11-21)13-7-9-14(10-8-13)19-17(23)24-18(3,4)5;;/h7-10,12,15-16,21-22H,11H2,1-6H3,(H,19,23);2*1H2/t15-,16?;;/m1../s1. The molecule has 2 atom stereocenters. The molecular formula is C18H34N2O4S2. The van der Waals surface area contributed by atoms with Gasteiger partial charge in [0.1, 0.15) is 5.60 Å². The topological polar surface area (TPSA) is 82.0 Å². The second kappa shape index (κ2) is 11.7. The summed E-state index contributed by atoms with van der Waals surface area (Å²) in [5, 5.41) is 22.2. The van der Waals surface area contributed by atoms with Crippen molar-refractivity contribution in [3.63, 3.8) is 0 Å². The van der Waals surface area contributed by atoms with Gasteiger partial charge in [0.05, 0.1) is 18.8 Å². The maximum absolute atomic E-state index is 11.8. The van der Waals surface area contributed by atoms with Crippen LogP contribution in [0.5, 0.6) is 0 Å². The summed E-state index contributed by atoms with van der Waals surface area (Å²) in [6, 6.07) is 7.04. The number of hydrogen-bond donors (Lipinski definition) is 3. The fraction of sp³-hybridized carbons (Fsp3) is 0.611. The highest BCUT2D eigenvalue weighted by atomic mass is 32.1. The number of benzene rings is 1. The molecule has 0 aliphatic heterocycles. The highest BCUT2D eigenvalue weighted by molar-refractivity contribution is 7.59. The molecule has 0 saturated heterocycles. The Bertz CT molecular complexity index is 533. The summed E-state index contributed by atoms with van der Waals surface area (Å²) in [5.41, 5.74) is 0.917. The van der Waals surface area contributed by atoms with Crippen molar-refractivity contribution in [2.45, 2.75) is 58.4 Å². The van der Waals surface area contributed by atoms with Crippen LogP contribution >= 0.6 is 27.0 Å². The minimum absolute atomic E-state index is 0. The van der Waals surface area contributed by atoms with Crippen molar-refractivity contribution < 1.29 is 19.7 Å². The van der Waals surface area contributed by atoms with E-state index < -0.39 is 17.8 Å². The largest absolute Gasteiger partial charge is 0.444 e. The Balaban J connectivity index is 0. The van der Waals surface area contributed by atoms with Gasteiger partial charge in [0.2, 0.25) is 0 Å². The molecule has 8 heteroatoms. The Kier molecular flexibility index (Phi) is 12.3. The molecule has 0 aromatic heterocycles. The van der Waals surface area contributed by atoms with Crippen molar-refractivity contribution in [3.05, 3.63) is 29.8 Å². The van der Waals surface area contributed by atoms with Crippen LogP contribution in [0.4, 0.5) is 10.5 Å². The normalized spacial score (nSPS) is 13.5. The van der Waals surface area contributed by atoms with Gasteiger partial charge in [-0.15, -0.1) is 0 Å². The summed E-state index contributed by atoms with van der Waals surface area (Å²) < 4.78 is 5.21. The lowest BCUT2D eigenvalue weighted by molar-refractivity contribution is 0.00885. The van der Waals surface area contributed by atoms with Gasteiger partial charge in [-0.3, -0.25) is 10.2 Å². The lowest BCUT2D eigenvalue weighted by atomic mass is 9.99. The van der Waals surface area contributed by atoms with E-state index in [-0.39, 0.29) is 45.7 Å². The molecule has 0 fully saturated rings. The van der Waals surface area contributed by atoms with Crippen LogP contribution in [0.3, 0.4) is 0 Å². The number of rotatable bonds is 6. The van der Waals surface area contributed by atoms with E-state index in [1.165, 1.54) is 0 Å². The molecule has 0 bridgehead atoms. The van der Waals surface area contributed by atoms with Gasteiger partial charge in [-0.25, -0.2) is 4.79 Å². The third kappa shape index (κ3) is 8.64. The predicted octanol–water partition coefficient (Wildman–Crippen LogP) is 2.99. The second-order valence-corrected chi connectivity index (χ2v) is 7.20. The SMILES string of the molecule is CC(C)N(C)C(c1ccc(NC(=O)OC(C)(C)C)cc1)[C@H](O)CO.S.S. The molecule has 6 nitrogen and oxygen atoms in total. The number of nitrogens with one attached hydrogen (secondary N) is 1. The number of aliphatic hydroxyl groups is 2. The van der Waals surface area contributed by atoms with Gasteiger partial charge in [0.15, 0.2) is 0 Å². The van der Waals surface area contributed by atoms with Crippen molar-refractivity contribution in [3.8, 4) is 0 Å². The van der Waals surface area contributed by atoms with Gasteiger partial charge in [0.25, 0.3) is 0 Å². The average molecular weight is 407 g/mol. The third-order valence-electron chi connectivity index (χ3n) is 3.70. The molecule has 152 valence electrons. The van der Waals surface area contributed by atoms with Crippen LogP contribution in [0, 0.1) is 0 Å². The zero-order valence-electron chi connectivity index (χ0n) is 16.4. The number of carbonyl (C=O) groups excluding carboxylic acids is 1. The van der Waals surface area contributed by atoms with Crippen molar-refractivity contribution in [1.29, 1.82) is 0 Å². The molecule has 0 heterocycles. The first-order valence-electron chi connectivity index (χ1n) is 8.16. The van der Waals surface area contributed by atoms with E-state index in [1.807, 2.05) is 37.9 Å². The highest BCUT2D eigenvalue weighted by Gasteiger charge is 2.26. The third-order valence-corrected chi connectivity index (χ3v) is 3.70. The van der Waals surface area contributed by atoms with E-state index in [1.54, 1.807) is 32.9 Å². The Morgan fingerprint density at radius 2 is 1.69 bits per heavy atom. The molecule has 1 aromatic carbocycles. The first-order valence-corrected chi connectivity index (χ1v) is 8.16. The monoisotopic (exact) mass is 406 g/mol. The molecule has 0 radical (unpaired) electrons. The maximum atomic E-state index is 11.8. The van der Waals surface area contributed by atoms with Gasteiger partial charge in [-0.1, -0.05) is 12.1 Å². The first kappa shape index (κ1) is 27.3. The summed E-state index contributed by atoms with van der Waals surface area (Å²) >= 11 is 0. The quantitative estimate of drug-likeness (QED) is 0.677. The average Bonchev–Trinajstić information content (AvgIpc) is 2.46. The first-order chi connectivity index (χ1) is 11.0. The maximum Gasteiger partial charge on any atom is 0.412 e. The summed E-state index contributed by atoms with van der Waals surface area (Å²) in [6.45, 7) is 9.14. The van der Waals surface area contributed by atoms with Crippen LogP contribution in [0.15, 0.2) is 24.3 Å². The summed E-state index contributed by atoms with van der Waals surface area (Å²) in [4.78, 5) is 13.8. The molecule has 0 aliphatic carbocycles. The van der Waals surface area contributed by atoms with Gasteiger partial charge >= 0.3 is 6.09 Å². The Labute approximate surface area is 170 Å². The van der Waals surface area contributed by atoms with Crippen molar-refractivity contribution in [2.24, 2.45) is 0 Å². The van der Waals surface area contributed by atoms with Crippen molar-refractivity contribution in [1.82, 2.24) is 4.90 Å². The van der Waals surface area contributed by atoms with Gasteiger partial charge in [-0.05, 0) is 59.4 Å². The molecule has 26 heavy (non-hydrogen) atoms. The fourth-order valence-corrected chi connectivity index (χ4v) is 2.33. The molecule has 0 saturated carbocycles. The number of anilines is 1. The number of hydrogen-bond acceptors (Lipinski definition) is 5. The molecular weight excluding hydrogens is 372 g/mol. The van der Waals surface area contributed by atoms with Gasteiger partial charge in [0, 0.05) is 11.7 Å². The number of ether oxygens (including phenoxy) is 1. The van der Waals surface area contributed by atoms with Crippen LogP contribution in [0.1, 0.15) is 46.2 Å². The van der Waals surface area contributed by atoms with Crippen LogP contribution in [-0.2, 0) is 4.74 Å². The lowest BCUT2D eigenvalue weighted by Gasteiger charge is -2.34. The van der Waals surface area contributed by atoms with E-state index in [0.29, 0.717) is 5.69 Å². The summed E-state index contributed by atoms with van der Waals surface area (Å²) in [7, 11) is 1.90. The predicted molar refractivity (Wildman–Crippen MR) is 116 cm³/mol.